The summed E-state index contributed by atoms with van der Waals surface area (Å²) in [6, 6.07) is 14.4. The van der Waals surface area contributed by atoms with E-state index in [0.29, 0.717) is 11.1 Å². The predicted octanol–water partition coefficient (Wildman–Crippen LogP) is 4.60. The van der Waals surface area contributed by atoms with Gasteiger partial charge in [-0.25, -0.2) is 4.79 Å². The average molecular weight is 419 g/mol. The Hall–Kier alpha value is -3.45. The maximum absolute atomic E-state index is 11.9. The van der Waals surface area contributed by atoms with Crippen LogP contribution in [0, 0.1) is 17.0 Å². The molecule has 0 spiro atoms. The van der Waals surface area contributed by atoms with E-state index in [9.17, 15) is 14.9 Å². The summed E-state index contributed by atoms with van der Waals surface area (Å²) >= 11 is 0. The fraction of sp³-hybridized carbons (Fsp3) is 0.292. The Bertz CT molecular complexity index is 1180. The first kappa shape index (κ1) is 20.8. The van der Waals surface area contributed by atoms with Crippen molar-refractivity contribution in [2.75, 3.05) is 25.0 Å². The number of fused-ring (bicyclic) bond motifs is 1. The fourth-order valence-corrected chi connectivity index (χ4v) is 4.00. The minimum absolute atomic E-state index is 0.122. The Kier molecular flexibility index (Phi) is 6.13. The first-order valence-corrected chi connectivity index (χ1v) is 10.4. The van der Waals surface area contributed by atoms with Crippen molar-refractivity contribution in [3.05, 3.63) is 86.3 Å². The topological polar surface area (TPSA) is 88.6 Å². The Balaban J connectivity index is 1.36. The molecule has 0 bridgehead atoms. The second-order valence-electron chi connectivity index (χ2n) is 7.92. The van der Waals surface area contributed by atoms with Crippen molar-refractivity contribution in [1.29, 1.82) is 0 Å². The lowest BCUT2D eigenvalue weighted by Gasteiger charge is -2.32. The summed E-state index contributed by atoms with van der Waals surface area (Å²) in [6.07, 6.45) is 5.70. The standard InChI is InChI=1S/C24H25N3O4/c1-17-8-9-23-20(15-17)21(16-24(28)31-23)25-19-10-13-26(14-11-19)12-4-6-18-5-2-3-7-22(18)27(29)30/h2-9,15-16,19,25H,10-14H2,1H3. The molecule has 1 N–H and O–H groups in total. The lowest BCUT2D eigenvalue weighted by atomic mass is 10.0. The van der Waals surface area contributed by atoms with Crippen LogP contribution in [0.1, 0.15) is 24.0 Å². The number of anilines is 1. The molecule has 0 radical (unpaired) electrons. The number of nitro benzene ring substituents is 1. The molecule has 1 fully saturated rings. The number of para-hydroxylation sites is 1. The van der Waals surface area contributed by atoms with E-state index in [0.717, 1.165) is 49.1 Å². The number of benzene rings is 2. The van der Waals surface area contributed by atoms with Gasteiger partial charge >= 0.3 is 5.63 Å². The maximum atomic E-state index is 11.9. The van der Waals surface area contributed by atoms with Crippen molar-refractivity contribution in [3.8, 4) is 0 Å². The molecule has 160 valence electrons. The molecule has 0 atom stereocenters. The van der Waals surface area contributed by atoms with Crippen molar-refractivity contribution < 1.29 is 9.34 Å². The van der Waals surface area contributed by atoms with Gasteiger partial charge in [-0.05, 0) is 38.0 Å². The van der Waals surface area contributed by atoms with E-state index in [1.807, 2.05) is 37.3 Å². The SMILES string of the molecule is Cc1ccc2oc(=O)cc(NC3CCN(CC=Cc4ccccc4[N+](=O)[O-])CC3)c2c1. The van der Waals surface area contributed by atoms with Gasteiger partial charge in [-0.3, -0.25) is 15.0 Å². The van der Waals surface area contributed by atoms with Gasteiger partial charge in [0.25, 0.3) is 5.69 Å². The third-order valence-electron chi connectivity index (χ3n) is 5.64. The van der Waals surface area contributed by atoms with Crippen molar-refractivity contribution in [3.63, 3.8) is 0 Å². The van der Waals surface area contributed by atoms with Crippen LogP contribution in [0.15, 0.2) is 63.8 Å². The van der Waals surface area contributed by atoms with Crippen LogP contribution in [0.2, 0.25) is 0 Å². The first-order chi connectivity index (χ1) is 15.0. The first-order valence-electron chi connectivity index (χ1n) is 10.4. The van der Waals surface area contributed by atoms with Crippen LogP contribution in [0.3, 0.4) is 0 Å². The zero-order valence-corrected chi connectivity index (χ0v) is 17.4. The Morgan fingerprint density at radius 3 is 2.74 bits per heavy atom. The van der Waals surface area contributed by atoms with Crippen LogP contribution in [0.5, 0.6) is 0 Å². The van der Waals surface area contributed by atoms with Gasteiger partial charge in [-0.15, -0.1) is 0 Å². The van der Waals surface area contributed by atoms with Gasteiger partial charge < -0.3 is 9.73 Å². The van der Waals surface area contributed by atoms with Gasteiger partial charge in [-0.1, -0.05) is 35.9 Å². The summed E-state index contributed by atoms with van der Waals surface area (Å²) in [5, 5.41) is 15.6. The minimum Gasteiger partial charge on any atom is -0.423 e. The lowest BCUT2D eigenvalue weighted by Crippen LogP contribution is -2.39. The highest BCUT2D eigenvalue weighted by Crippen LogP contribution is 2.25. The maximum Gasteiger partial charge on any atom is 0.338 e. The summed E-state index contributed by atoms with van der Waals surface area (Å²) < 4.78 is 5.31. The van der Waals surface area contributed by atoms with E-state index in [2.05, 4.69) is 10.2 Å². The molecule has 1 saturated heterocycles. The molecule has 31 heavy (non-hydrogen) atoms. The molecule has 7 nitrogen and oxygen atoms in total. The van der Waals surface area contributed by atoms with Crippen molar-refractivity contribution >= 4 is 28.4 Å². The molecule has 0 saturated carbocycles. The number of nitro groups is 1. The number of piperidine rings is 1. The number of aryl methyl sites for hydroxylation is 1. The van der Waals surface area contributed by atoms with E-state index in [-0.39, 0.29) is 22.3 Å². The second kappa shape index (κ2) is 9.14. The van der Waals surface area contributed by atoms with E-state index < -0.39 is 0 Å². The van der Waals surface area contributed by atoms with Gasteiger partial charge in [0, 0.05) is 43.2 Å². The molecule has 1 aliphatic heterocycles. The third-order valence-corrected chi connectivity index (χ3v) is 5.64. The normalized spacial score (nSPS) is 15.5. The highest BCUT2D eigenvalue weighted by molar-refractivity contribution is 5.90. The second-order valence-corrected chi connectivity index (χ2v) is 7.92. The number of hydrogen-bond donors (Lipinski definition) is 1. The summed E-state index contributed by atoms with van der Waals surface area (Å²) in [5.41, 5.74) is 2.93. The monoisotopic (exact) mass is 419 g/mol. The number of nitrogens with one attached hydrogen (secondary N) is 1. The summed E-state index contributed by atoms with van der Waals surface area (Å²) in [7, 11) is 0. The molecule has 3 aromatic rings. The number of likely N-dealkylation sites (tertiary alicyclic amines) is 1. The van der Waals surface area contributed by atoms with Crippen LogP contribution >= 0.6 is 0 Å². The number of hydrogen-bond acceptors (Lipinski definition) is 6. The molecule has 1 aliphatic rings. The summed E-state index contributed by atoms with van der Waals surface area (Å²) in [6.45, 7) is 4.59. The van der Waals surface area contributed by atoms with Gasteiger partial charge in [0.15, 0.2) is 0 Å². The predicted molar refractivity (Wildman–Crippen MR) is 122 cm³/mol. The zero-order chi connectivity index (χ0) is 21.8. The van der Waals surface area contributed by atoms with E-state index in [1.54, 1.807) is 18.2 Å². The molecule has 0 aliphatic carbocycles. The van der Waals surface area contributed by atoms with Gasteiger partial charge in [0.05, 0.1) is 16.2 Å². The molecule has 7 heteroatoms. The van der Waals surface area contributed by atoms with Crippen molar-refractivity contribution in [2.24, 2.45) is 0 Å². The molecule has 2 aromatic carbocycles. The molecular weight excluding hydrogens is 394 g/mol. The largest absolute Gasteiger partial charge is 0.423 e. The van der Waals surface area contributed by atoms with Gasteiger partial charge in [-0.2, -0.15) is 0 Å². The molecule has 4 rings (SSSR count). The fourth-order valence-electron chi connectivity index (χ4n) is 4.00. The Morgan fingerprint density at radius 1 is 1.19 bits per heavy atom. The Labute approximate surface area is 180 Å². The zero-order valence-electron chi connectivity index (χ0n) is 17.4. The molecular formula is C24H25N3O4. The van der Waals surface area contributed by atoms with Gasteiger partial charge in [0.2, 0.25) is 0 Å². The molecule has 2 heterocycles. The highest BCUT2D eigenvalue weighted by atomic mass is 16.6. The molecule has 0 amide bonds. The highest BCUT2D eigenvalue weighted by Gasteiger charge is 2.19. The smallest absolute Gasteiger partial charge is 0.338 e. The lowest BCUT2D eigenvalue weighted by molar-refractivity contribution is -0.385. The van der Waals surface area contributed by atoms with E-state index in [4.69, 9.17) is 4.42 Å². The summed E-state index contributed by atoms with van der Waals surface area (Å²) in [4.78, 5) is 25.0. The van der Waals surface area contributed by atoms with E-state index >= 15 is 0 Å². The van der Waals surface area contributed by atoms with Crippen LogP contribution < -0.4 is 10.9 Å². The van der Waals surface area contributed by atoms with Crippen LogP contribution in [-0.4, -0.2) is 35.5 Å². The molecule has 1 aromatic heterocycles. The van der Waals surface area contributed by atoms with Gasteiger partial charge in [0.1, 0.15) is 5.58 Å². The van der Waals surface area contributed by atoms with Crippen molar-refractivity contribution in [2.45, 2.75) is 25.8 Å². The Morgan fingerprint density at radius 2 is 1.97 bits per heavy atom. The molecule has 0 unspecified atom stereocenters. The average Bonchev–Trinajstić information content (AvgIpc) is 2.75. The number of nitrogens with zero attached hydrogens (tertiary/aromatic N) is 2. The summed E-state index contributed by atoms with van der Waals surface area (Å²) in [5.74, 6) is 0. The minimum atomic E-state index is -0.355. The van der Waals surface area contributed by atoms with E-state index in [1.165, 1.54) is 12.1 Å². The number of rotatable bonds is 6. The third kappa shape index (κ3) is 5.00. The van der Waals surface area contributed by atoms with Crippen molar-refractivity contribution in [1.82, 2.24) is 4.90 Å². The quantitative estimate of drug-likeness (QED) is 0.357. The van der Waals surface area contributed by atoms with Crippen LogP contribution in [0.25, 0.3) is 17.0 Å². The van der Waals surface area contributed by atoms with Crippen LogP contribution in [0.4, 0.5) is 11.4 Å². The van der Waals surface area contributed by atoms with Crippen LogP contribution in [-0.2, 0) is 0 Å².